The Bertz CT molecular complexity index is 642. The summed E-state index contributed by atoms with van der Waals surface area (Å²) in [5, 5.41) is 20.9. The first-order chi connectivity index (χ1) is 9.70. The smallest absolute Gasteiger partial charge is 0.271 e. The van der Waals surface area contributed by atoms with E-state index in [1.54, 1.807) is 6.19 Å². The standard InChI is InChI=1S/C10H6ClF3N4O2S/c1-21-9(16-4-15)17-8-6(11)2-5(10(12,13)14)3-7(8)18(19)20/h2-3H,1H3,(H,16,17). The number of benzene rings is 1. The minimum atomic E-state index is -4.77. The number of nitrogens with one attached hydrogen (secondary N) is 1. The van der Waals surface area contributed by atoms with Gasteiger partial charge in [0.25, 0.3) is 5.69 Å². The molecule has 0 heterocycles. The van der Waals surface area contributed by atoms with Crippen LogP contribution >= 0.6 is 23.4 Å². The third-order valence-corrected chi connectivity index (χ3v) is 3.01. The van der Waals surface area contributed by atoms with Crippen LogP contribution in [0.1, 0.15) is 5.56 Å². The molecule has 0 saturated carbocycles. The Hall–Kier alpha value is -1.99. The normalized spacial score (nSPS) is 11.9. The maximum atomic E-state index is 12.6. The SMILES string of the molecule is CSC(=Nc1c(Cl)cc(C(F)(F)F)cc1[N+](=O)[O-])NC#N. The molecule has 0 aliphatic rings. The van der Waals surface area contributed by atoms with Crippen LogP contribution in [0.3, 0.4) is 0 Å². The number of thioether (sulfide) groups is 1. The van der Waals surface area contributed by atoms with Crippen molar-refractivity contribution in [1.82, 2.24) is 5.32 Å². The van der Waals surface area contributed by atoms with Gasteiger partial charge < -0.3 is 0 Å². The predicted molar refractivity (Wildman–Crippen MR) is 72.5 cm³/mol. The Morgan fingerprint density at radius 1 is 1.57 bits per heavy atom. The number of nitriles is 1. The van der Waals surface area contributed by atoms with E-state index in [0.29, 0.717) is 12.1 Å². The van der Waals surface area contributed by atoms with Gasteiger partial charge in [0, 0.05) is 6.07 Å². The summed E-state index contributed by atoms with van der Waals surface area (Å²) in [6, 6.07) is 0.882. The fourth-order valence-electron chi connectivity index (χ4n) is 1.27. The molecule has 0 unspecified atom stereocenters. The molecule has 0 atom stereocenters. The van der Waals surface area contributed by atoms with Gasteiger partial charge in [0.1, 0.15) is 0 Å². The Balaban J connectivity index is 3.53. The van der Waals surface area contributed by atoms with Crippen LogP contribution in [0, 0.1) is 21.6 Å². The first-order valence-electron chi connectivity index (χ1n) is 5.03. The monoisotopic (exact) mass is 338 g/mol. The van der Waals surface area contributed by atoms with E-state index >= 15 is 0 Å². The zero-order chi connectivity index (χ0) is 16.2. The minimum absolute atomic E-state index is 0.0396. The highest BCUT2D eigenvalue weighted by Crippen LogP contribution is 2.41. The quantitative estimate of drug-likeness (QED) is 0.222. The van der Waals surface area contributed by atoms with E-state index in [1.807, 2.05) is 0 Å². The van der Waals surface area contributed by atoms with Crippen molar-refractivity contribution in [3.05, 3.63) is 32.8 Å². The molecule has 0 aliphatic heterocycles. The van der Waals surface area contributed by atoms with E-state index in [1.165, 1.54) is 6.26 Å². The number of nitro groups is 1. The van der Waals surface area contributed by atoms with Crippen molar-refractivity contribution in [3.8, 4) is 6.19 Å². The van der Waals surface area contributed by atoms with Gasteiger partial charge in [-0.15, -0.1) is 0 Å². The number of hydrogen-bond acceptors (Lipinski definition) is 5. The van der Waals surface area contributed by atoms with Crippen LogP contribution in [0.15, 0.2) is 17.1 Å². The van der Waals surface area contributed by atoms with Crippen LogP contribution in [0.4, 0.5) is 24.5 Å². The second-order valence-electron chi connectivity index (χ2n) is 3.44. The molecule has 0 radical (unpaired) electrons. The van der Waals surface area contributed by atoms with E-state index in [2.05, 4.69) is 10.3 Å². The molecular formula is C10H6ClF3N4O2S. The third kappa shape index (κ3) is 4.24. The van der Waals surface area contributed by atoms with Crippen molar-refractivity contribution in [3.63, 3.8) is 0 Å². The predicted octanol–water partition coefficient (Wildman–Crippen LogP) is 3.69. The Morgan fingerprint density at radius 3 is 2.62 bits per heavy atom. The second kappa shape index (κ2) is 6.64. The van der Waals surface area contributed by atoms with Crippen molar-refractivity contribution in [2.75, 3.05) is 6.26 Å². The molecule has 112 valence electrons. The van der Waals surface area contributed by atoms with Gasteiger partial charge in [-0.1, -0.05) is 23.4 Å². The highest BCUT2D eigenvalue weighted by molar-refractivity contribution is 8.13. The van der Waals surface area contributed by atoms with E-state index in [9.17, 15) is 23.3 Å². The summed E-state index contributed by atoms with van der Waals surface area (Å²) in [7, 11) is 0. The highest BCUT2D eigenvalue weighted by atomic mass is 35.5. The third-order valence-electron chi connectivity index (χ3n) is 2.14. The van der Waals surface area contributed by atoms with Gasteiger partial charge in [0.2, 0.25) is 0 Å². The lowest BCUT2D eigenvalue weighted by atomic mass is 10.1. The number of alkyl halides is 3. The first-order valence-corrected chi connectivity index (χ1v) is 6.64. The van der Waals surface area contributed by atoms with E-state index in [0.717, 1.165) is 11.8 Å². The summed E-state index contributed by atoms with van der Waals surface area (Å²) in [5.41, 5.74) is -2.61. The van der Waals surface area contributed by atoms with E-state index in [-0.39, 0.29) is 5.17 Å². The fraction of sp³-hybridized carbons (Fsp3) is 0.200. The minimum Gasteiger partial charge on any atom is -0.271 e. The number of rotatable bonds is 2. The molecule has 6 nitrogen and oxygen atoms in total. The molecule has 1 aromatic rings. The molecule has 0 bridgehead atoms. The molecule has 0 aliphatic carbocycles. The molecule has 1 N–H and O–H groups in total. The van der Waals surface area contributed by atoms with Crippen LogP contribution in [0.2, 0.25) is 5.02 Å². The number of nitrogens with zero attached hydrogens (tertiary/aromatic N) is 3. The molecule has 1 rings (SSSR count). The Labute approximate surface area is 125 Å². The lowest BCUT2D eigenvalue weighted by Gasteiger charge is -2.09. The largest absolute Gasteiger partial charge is 0.416 e. The van der Waals surface area contributed by atoms with Crippen LogP contribution in [-0.2, 0) is 6.18 Å². The van der Waals surface area contributed by atoms with E-state index < -0.39 is 33.1 Å². The Kier molecular flexibility index (Phi) is 5.40. The van der Waals surface area contributed by atoms with Crippen molar-refractivity contribution in [1.29, 1.82) is 5.26 Å². The molecule has 0 fully saturated rings. The summed E-state index contributed by atoms with van der Waals surface area (Å²) in [6.45, 7) is 0. The zero-order valence-electron chi connectivity index (χ0n) is 10.2. The van der Waals surface area contributed by atoms with Gasteiger partial charge >= 0.3 is 6.18 Å². The maximum absolute atomic E-state index is 12.6. The van der Waals surface area contributed by atoms with Crippen molar-refractivity contribution < 1.29 is 18.1 Å². The molecule has 1 aromatic carbocycles. The summed E-state index contributed by atoms with van der Waals surface area (Å²) in [4.78, 5) is 13.6. The first kappa shape index (κ1) is 17.1. The summed E-state index contributed by atoms with van der Waals surface area (Å²) in [5.74, 6) is 0. The van der Waals surface area contributed by atoms with Gasteiger partial charge in [0.05, 0.1) is 15.5 Å². The topological polar surface area (TPSA) is 91.3 Å². The van der Waals surface area contributed by atoms with Crippen molar-refractivity contribution in [2.24, 2.45) is 4.99 Å². The average molecular weight is 339 g/mol. The van der Waals surface area contributed by atoms with Gasteiger partial charge in [-0.3, -0.25) is 15.4 Å². The number of hydrogen-bond donors (Lipinski definition) is 1. The lowest BCUT2D eigenvalue weighted by Crippen LogP contribution is -2.13. The van der Waals surface area contributed by atoms with Crippen molar-refractivity contribution in [2.45, 2.75) is 6.18 Å². The van der Waals surface area contributed by atoms with Crippen molar-refractivity contribution >= 4 is 39.9 Å². The molecule has 11 heteroatoms. The Morgan fingerprint density at radius 2 is 2.19 bits per heavy atom. The average Bonchev–Trinajstić information content (AvgIpc) is 2.38. The molecule has 0 spiro atoms. The number of nitro benzene ring substituents is 1. The van der Waals surface area contributed by atoms with Gasteiger partial charge in [-0.25, -0.2) is 4.99 Å². The molecule has 0 aromatic heterocycles. The molecule has 0 saturated heterocycles. The lowest BCUT2D eigenvalue weighted by molar-refractivity contribution is -0.384. The molecule has 21 heavy (non-hydrogen) atoms. The summed E-state index contributed by atoms with van der Waals surface area (Å²) < 4.78 is 37.8. The highest BCUT2D eigenvalue weighted by Gasteiger charge is 2.34. The summed E-state index contributed by atoms with van der Waals surface area (Å²) in [6.07, 6.45) is -1.70. The number of amidine groups is 1. The summed E-state index contributed by atoms with van der Waals surface area (Å²) >= 11 is 6.60. The number of halogens is 4. The van der Waals surface area contributed by atoms with Crippen LogP contribution < -0.4 is 5.32 Å². The number of aliphatic imine (C=N–C) groups is 1. The van der Waals surface area contributed by atoms with Gasteiger partial charge in [0.15, 0.2) is 17.0 Å². The van der Waals surface area contributed by atoms with Crippen LogP contribution in [0.5, 0.6) is 0 Å². The van der Waals surface area contributed by atoms with E-state index in [4.69, 9.17) is 16.9 Å². The van der Waals surface area contributed by atoms with Crippen LogP contribution in [0.25, 0.3) is 0 Å². The molecule has 0 amide bonds. The maximum Gasteiger partial charge on any atom is 0.416 e. The van der Waals surface area contributed by atoms with Gasteiger partial charge in [-0.2, -0.15) is 18.4 Å². The van der Waals surface area contributed by atoms with Crippen LogP contribution in [-0.4, -0.2) is 16.3 Å². The second-order valence-corrected chi connectivity index (χ2v) is 4.64. The zero-order valence-corrected chi connectivity index (χ0v) is 11.8. The fourth-order valence-corrected chi connectivity index (χ4v) is 1.86. The van der Waals surface area contributed by atoms with Gasteiger partial charge in [-0.05, 0) is 12.3 Å². The molecular weight excluding hydrogens is 333 g/mol.